The Labute approximate surface area is 113 Å². The monoisotopic (exact) mass is 273 g/mol. The third kappa shape index (κ3) is 1.80. The number of nitrogens with zero attached hydrogens (tertiary/aromatic N) is 2. The Morgan fingerprint density at radius 3 is 2.80 bits per heavy atom. The normalized spacial score (nSPS) is 13.3. The minimum absolute atomic E-state index is 0.00440. The molecule has 0 radical (unpaired) electrons. The minimum Gasteiger partial charge on any atom is -0.477 e. The Balaban J connectivity index is 2.23. The van der Waals surface area contributed by atoms with E-state index in [1.807, 2.05) is 0 Å². The minimum atomic E-state index is -1.11. The molecule has 3 heterocycles. The molecule has 3 N–H and O–H groups in total. The Hall–Kier alpha value is -2.83. The fourth-order valence-corrected chi connectivity index (χ4v) is 2.42. The molecule has 1 aliphatic rings. The van der Waals surface area contributed by atoms with Crippen LogP contribution >= 0.6 is 0 Å². The first-order valence-electron chi connectivity index (χ1n) is 5.93. The lowest BCUT2D eigenvalue weighted by Gasteiger charge is -2.17. The number of pyridine rings is 1. The number of hydrogen-bond donors (Lipinski definition) is 3. The van der Waals surface area contributed by atoms with Gasteiger partial charge in [0.25, 0.3) is 0 Å². The van der Waals surface area contributed by atoms with Gasteiger partial charge >= 0.3 is 12.1 Å². The van der Waals surface area contributed by atoms with Crippen molar-refractivity contribution in [2.24, 2.45) is 0 Å². The summed E-state index contributed by atoms with van der Waals surface area (Å²) in [6, 6.07) is 3.52. The molecule has 1 aliphatic heterocycles. The molecule has 0 saturated carbocycles. The summed E-state index contributed by atoms with van der Waals surface area (Å²) in [6.07, 6.45) is 2.08. The molecule has 7 nitrogen and oxygen atoms in total. The number of H-pyrrole nitrogens is 1. The lowest BCUT2D eigenvalue weighted by Crippen LogP contribution is -2.28. The fraction of sp³-hybridized carbons (Fsp3) is 0.154. The third-order valence-corrected chi connectivity index (χ3v) is 3.33. The van der Waals surface area contributed by atoms with Crippen LogP contribution in [0.3, 0.4) is 0 Å². The number of nitrogens with one attached hydrogen (secondary N) is 1. The third-order valence-electron chi connectivity index (χ3n) is 3.33. The summed E-state index contributed by atoms with van der Waals surface area (Å²) in [6.45, 7) is 0.207. The van der Waals surface area contributed by atoms with Gasteiger partial charge in [0.15, 0.2) is 0 Å². The van der Waals surface area contributed by atoms with Crippen molar-refractivity contribution >= 4 is 12.1 Å². The van der Waals surface area contributed by atoms with Gasteiger partial charge in [0, 0.05) is 23.5 Å². The largest absolute Gasteiger partial charge is 0.477 e. The summed E-state index contributed by atoms with van der Waals surface area (Å²) < 4.78 is 0. The SMILES string of the molecule is O=C(O)c1[nH]cc2c1CN(C(=O)O)Cc1cccnc1-2. The molecule has 3 rings (SSSR count). The summed E-state index contributed by atoms with van der Waals surface area (Å²) >= 11 is 0. The van der Waals surface area contributed by atoms with E-state index >= 15 is 0 Å². The zero-order valence-corrected chi connectivity index (χ0v) is 10.3. The molecule has 0 spiro atoms. The summed E-state index contributed by atoms with van der Waals surface area (Å²) in [7, 11) is 0. The Morgan fingerprint density at radius 1 is 1.30 bits per heavy atom. The Morgan fingerprint density at radius 2 is 2.10 bits per heavy atom. The van der Waals surface area contributed by atoms with Crippen molar-refractivity contribution in [2.45, 2.75) is 13.1 Å². The van der Waals surface area contributed by atoms with Crippen LogP contribution in [0.25, 0.3) is 11.3 Å². The molecule has 0 unspecified atom stereocenters. The van der Waals surface area contributed by atoms with Gasteiger partial charge in [0.1, 0.15) is 5.69 Å². The molecule has 2 aromatic heterocycles. The molecule has 2 aromatic rings. The van der Waals surface area contributed by atoms with E-state index in [0.29, 0.717) is 16.8 Å². The van der Waals surface area contributed by atoms with E-state index in [-0.39, 0.29) is 18.8 Å². The number of aromatic amines is 1. The van der Waals surface area contributed by atoms with E-state index in [9.17, 15) is 19.8 Å². The molecule has 20 heavy (non-hydrogen) atoms. The van der Waals surface area contributed by atoms with Crippen molar-refractivity contribution in [2.75, 3.05) is 0 Å². The predicted octanol–water partition coefficient (Wildman–Crippen LogP) is 1.77. The molecule has 1 amide bonds. The van der Waals surface area contributed by atoms with Gasteiger partial charge in [-0.15, -0.1) is 0 Å². The maximum absolute atomic E-state index is 11.3. The second kappa shape index (κ2) is 4.37. The van der Waals surface area contributed by atoms with Crippen LogP contribution in [-0.4, -0.2) is 37.1 Å². The van der Waals surface area contributed by atoms with Crippen LogP contribution in [0, 0.1) is 0 Å². The van der Waals surface area contributed by atoms with Crippen LogP contribution in [0.5, 0.6) is 0 Å². The van der Waals surface area contributed by atoms with E-state index in [4.69, 9.17) is 0 Å². The smallest absolute Gasteiger partial charge is 0.407 e. The Bertz CT molecular complexity index is 707. The van der Waals surface area contributed by atoms with Crippen molar-refractivity contribution in [1.29, 1.82) is 0 Å². The highest BCUT2D eigenvalue weighted by Crippen LogP contribution is 2.32. The average molecular weight is 273 g/mol. The number of rotatable bonds is 1. The standard InChI is InChI=1S/C13H11N3O4/c17-12(18)11-9-6-16(13(19)20)5-7-2-1-3-14-10(7)8(9)4-15-11/h1-4,15H,5-6H2,(H,17,18)(H,19,20). The molecule has 7 heteroatoms. The van der Waals surface area contributed by atoms with E-state index in [1.165, 1.54) is 4.90 Å². The summed E-state index contributed by atoms with van der Waals surface area (Å²) in [5.74, 6) is -1.11. The highest BCUT2D eigenvalue weighted by molar-refractivity contribution is 5.91. The van der Waals surface area contributed by atoms with Gasteiger partial charge in [-0.25, -0.2) is 9.59 Å². The van der Waals surface area contributed by atoms with E-state index < -0.39 is 12.1 Å². The first kappa shape index (κ1) is 12.2. The quantitative estimate of drug-likeness (QED) is 0.734. The molecule has 102 valence electrons. The van der Waals surface area contributed by atoms with Crippen molar-refractivity contribution in [3.63, 3.8) is 0 Å². The lowest BCUT2D eigenvalue weighted by molar-refractivity contribution is 0.0687. The van der Waals surface area contributed by atoms with Gasteiger partial charge in [-0.1, -0.05) is 6.07 Å². The second-order valence-electron chi connectivity index (χ2n) is 4.51. The van der Waals surface area contributed by atoms with Gasteiger partial charge < -0.3 is 15.2 Å². The topological polar surface area (TPSA) is 107 Å². The Kier molecular flexibility index (Phi) is 2.67. The fourth-order valence-electron chi connectivity index (χ4n) is 2.42. The van der Waals surface area contributed by atoms with Gasteiger partial charge in [0.2, 0.25) is 0 Å². The first-order chi connectivity index (χ1) is 9.58. The number of aromatic nitrogens is 2. The maximum atomic E-state index is 11.3. The van der Waals surface area contributed by atoms with Gasteiger partial charge in [-0.3, -0.25) is 9.88 Å². The average Bonchev–Trinajstić information content (AvgIpc) is 2.75. The first-order valence-corrected chi connectivity index (χ1v) is 5.93. The zero-order valence-electron chi connectivity index (χ0n) is 10.3. The van der Waals surface area contributed by atoms with Crippen molar-refractivity contribution in [3.8, 4) is 11.3 Å². The van der Waals surface area contributed by atoms with Crippen LogP contribution in [-0.2, 0) is 13.1 Å². The number of hydrogen-bond acceptors (Lipinski definition) is 3. The zero-order chi connectivity index (χ0) is 14.3. The lowest BCUT2D eigenvalue weighted by atomic mass is 10.1. The summed E-state index contributed by atoms with van der Waals surface area (Å²) in [4.78, 5) is 30.6. The molecule has 0 saturated heterocycles. The van der Waals surface area contributed by atoms with Gasteiger partial charge in [0.05, 0.1) is 18.8 Å². The number of carbonyl (C=O) groups is 2. The molecule has 0 aromatic carbocycles. The van der Waals surface area contributed by atoms with Gasteiger partial charge in [-0.05, 0) is 11.6 Å². The number of carboxylic acid groups (broad SMARTS) is 2. The van der Waals surface area contributed by atoms with Gasteiger partial charge in [-0.2, -0.15) is 0 Å². The van der Waals surface area contributed by atoms with Crippen LogP contribution in [0.2, 0.25) is 0 Å². The second-order valence-corrected chi connectivity index (χ2v) is 4.51. The molecule has 0 fully saturated rings. The van der Waals surface area contributed by atoms with Crippen molar-refractivity contribution in [3.05, 3.63) is 41.3 Å². The maximum Gasteiger partial charge on any atom is 0.407 e. The van der Waals surface area contributed by atoms with Crippen molar-refractivity contribution in [1.82, 2.24) is 14.9 Å². The number of aromatic carboxylic acids is 1. The van der Waals surface area contributed by atoms with Crippen LogP contribution < -0.4 is 0 Å². The number of fused-ring (bicyclic) bond motifs is 3. The van der Waals surface area contributed by atoms with E-state index in [2.05, 4.69) is 9.97 Å². The molecule has 0 bridgehead atoms. The number of carboxylic acids is 1. The van der Waals surface area contributed by atoms with Crippen molar-refractivity contribution < 1.29 is 19.8 Å². The molecular formula is C13H11N3O4. The van der Waals surface area contributed by atoms with Crippen LogP contribution in [0.1, 0.15) is 21.6 Å². The summed E-state index contributed by atoms with van der Waals surface area (Å²) in [5.41, 5.74) is 2.46. The highest BCUT2D eigenvalue weighted by atomic mass is 16.4. The van der Waals surface area contributed by atoms with Crippen LogP contribution in [0.4, 0.5) is 4.79 Å². The summed E-state index contributed by atoms with van der Waals surface area (Å²) in [5, 5.41) is 18.4. The molecule has 0 atom stereocenters. The molecular weight excluding hydrogens is 262 g/mol. The van der Waals surface area contributed by atoms with Crippen LogP contribution in [0.15, 0.2) is 24.5 Å². The highest BCUT2D eigenvalue weighted by Gasteiger charge is 2.28. The number of amides is 1. The van der Waals surface area contributed by atoms with E-state index in [1.54, 1.807) is 24.5 Å². The predicted molar refractivity (Wildman–Crippen MR) is 68.3 cm³/mol. The van der Waals surface area contributed by atoms with E-state index in [0.717, 1.165) is 5.56 Å². The molecule has 0 aliphatic carbocycles.